The molecule has 0 saturated carbocycles. The van der Waals surface area contributed by atoms with Gasteiger partial charge in [0.15, 0.2) is 0 Å². The van der Waals surface area contributed by atoms with Gasteiger partial charge in [0.05, 0.1) is 0 Å². The minimum Gasteiger partial charge on any atom is -0.314 e. The van der Waals surface area contributed by atoms with Gasteiger partial charge in [-0.1, -0.05) is 117 Å². The van der Waals surface area contributed by atoms with E-state index in [-0.39, 0.29) is 0 Å². The monoisotopic (exact) mass is 339 g/mol. The molecule has 0 amide bonds. The van der Waals surface area contributed by atoms with Gasteiger partial charge in [-0.2, -0.15) is 0 Å². The fourth-order valence-electron chi connectivity index (χ4n) is 3.45. The van der Waals surface area contributed by atoms with Gasteiger partial charge in [-0.3, -0.25) is 0 Å². The average molecular weight is 340 g/mol. The maximum absolute atomic E-state index is 3.63. The van der Waals surface area contributed by atoms with Crippen LogP contribution >= 0.6 is 0 Å². The van der Waals surface area contributed by atoms with Crippen molar-refractivity contribution in [1.29, 1.82) is 0 Å². The van der Waals surface area contributed by atoms with E-state index in [1.165, 1.54) is 122 Å². The molecule has 1 nitrogen and oxygen atoms in total. The highest BCUT2D eigenvalue weighted by atomic mass is 14.9. The molecule has 0 aromatic rings. The van der Waals surface area contributed by atoms with Crippen LogP contribution in [-0.2, 0) is 0 Å². The molecular formula is C23H49N. The van der Waals surface area contributed by atoms with Crippen LogP contribution in [0.25, 0.3) is 0 Å². The van der Waals surface area contributed by atoms with E-state index in [0.29, 0.717) is 0 Å². The van der Waals surface area contributed by atoms with Crippen molar-refractivity contribution in [3.63, 3.8) is 0 Å². The molecule has 0 aliphatic heterocycles. The van der Waals surface area contributed by atoms with E-state index >= 15 is 0 Å². The molecule has 0 radical (unpaired) electrons. The molecule has 0 bridgehead atoms. The van der Waals surface area contributed by atoms with E-state index in [9.17, 15) is 0 Å². The lowest BCUT2D eigenvalue weighted by molar-refractivity contribution is 0.470. The van der Waals surface area contributed by atoms with Crippen LogP contribution in [0, 0.1) is 0 Å². The molecule has 1 unspecified atom stereocenters. The van der Waals surface area contributed by atoms with Gasteiger partial charge in [0, 0.05) is 6.04 Å². The Morgan fingerprint density at radius 3 is 1.29 bits per heavy atom. The van der Waals surface area contributed by atoms with Gasteiger partial charge in [0.25, 0.3) is 0 Å². The lowest BCUT2D eigenvalue weighted by Gasteiger charge is -2.13. The third-order valence-corrected chi connectivity index (χ3v) is 5.26. The Morgan fingerprint density at radius 2 is 0.875 bits per heavy atom. The van der Waals surface area contributed by atoms with E-state index < -0.39 is 0 Å². The lowest BCUT2D eigenvalue weighted by atomic mass is 10.0. The SMILES string of the molecule is CCCCCCCCCCCCCCCCCC(C)NCCCC. The summed E-state index contributed by atoms with van der Waals surface area (Å²) in [5, 5.41) is 3.63. The standard InChI is InChI=1S/C23H49N/c1-4-6-8-9-10-11-12-13-14-15-16-17-18-19-20-21-23(3)24-22-7-5-2/h23-24H,4-22H2,1-3H3. The number of nitrogens with one attached hydrogen (secondary N) is 1. The van der Waals surface area contributed by atoms with Crippen molar-refractivity contribution in [1.82, 2.24) is 5.32 Å². The van der Waals surface area contributed by atoms with Crippen molar-refractivity contribution < 1.29 is 0 Å². The topological polar surface area (TPSA) is 12.0 Å². The minimum atomic E-state index is 0.721. The molecule has 0 spiro atoms. The second-order valence-corrected chi connectivity index (χ2v) is 7.95. The highest BCUT2D eigenvalue weighted by Gasteiger charge is 2.00. The van der Waals surface area contributed by atoms with Crippen molar-refractivity contribution in [2.45, 2.75) is 142 Å². The van der Waals surface area contributed by atoms with Crippen LogP contribution < -0.4 is 5.32 Å². The summed E-state index contributed by atoms with van der Waals surface area (Å²) < 4.78 is 0. The van der Waals surface area contributed by atoms with Gasteiger partial charge >= 0.3 is 0 Å². The summed E-state index contributed by atoms with van der Waals surface area (Å²) in [6.45, 7) is 8.11. The first-order chi connectivity index (χ1) is 11.8. The highest BCUT2D eigenvalue weighted by Crippen LogP contribution is 2.14. The number of unbranched alkanes of at least 4 members (excludes halogenated alkanes) is 15. The quantitative estimate of drug-likeness (QED) is 0.221. The zero-order valence-corrected chi connectivity index (χ0v) is 17.5. The van der Waals surface area contributed by atoms with Gasteiger partial charge < -0.3 is 5.32 Å². The largest absolute Gasteiger partial charge is 0.314 e. The predicted octanol–water partition coefficient (Wildman–Crippen LogP) is 8.03. The molecule has 1 heteroatoms. The van der Waals surface area contributed by atoms with Crippen molar-refractivity contribution in [2.75, 3.05) is 6.54 Å². The Hall–Kier alpha value is -0.0400. The highest BCUT2D eigenvalue weighted by molar-refractivity contribution is 4.60. The molecule has 0 aromatic carbocycles. The lowest BCUT2D eigenvalue weighted by Crippen LogP contribution is -2.26. The molecule has 0 saturated heterocycles. The molecule has 0 aromatic heterocycles. The maximum Gasteiger partial charge on any atom is 0.00387 e. The maximum atomic E-state index is 3.63. The van der Waals surface area contributed by atoms with Gasteiger partial charge in [-0.05, 0) is 26.3 Å². The van der Waals surface area contributed by atoms with Crippen molar-refractivity contribution in [3.05, 3.63) is 0 Å². The average Bonchev–Trinajstić information content (AvgIpc) is 2.58. The second-order valence-electron chi connectivity index (χ2n) is 7.95. The van der Waals surface area contributed by atoms with E-state index in [2.05, 4.69) is 26.1 Å². The smallest absolute Gasteiger partial charge is 0.00387 e. The Balaban J connectivity index is 3.05. The molecule has 0 aliphatic carbocycles. The number of hydrogen-bond donors (Lipinski definition) is 1. The third-order valence-electron chi connectivity index (χ3n) is 5.26. The minimum absolute atomic E-state index is 0.721. The van der Waals surface area contributed by atoms with E-state index in [0.717, 1.165) is 6.04 Å². The summed E-state index contributed by atoms with van der Waals surface area (Å²) in [4.78, 5) is 0. The van der Waals surface area contributed by atoms with E-state index in [1.54, 1.807) is 0 Å². The fraction of sp³-hybridized carbons (Fsp3) is 1.00. The van der Waals surface area contributed by atoms with Crippen LogP contribution in [0.4, 0.5) is 0 Å². The summed E-state index contributed by atoms with van der Waals surface area (Å²) in [6.07, 6.45) is 25.9. The van der Waals surface area contributed by atoms with Crippen LogP contribution in [0.2, 0.25) is 0 Å². The second kappa shape index (κ2) is 21.0. The first-order valence-corrected chi connectivity index (χ1v) is 11.5. The number of hydrogen-bond acceptors (Lipinski definition) is 1. The first kappa shape index (κ1) is 24.0. The molecule has 0 heterocycles. The predicted molar refractivity (Wildman–Crippen MR) is 112 cm³/mol. The van der Waals surface area contributed by atoms with Gasteiger partial charge in [0.2, 0.25) is 0 Å². The zero-order valence-electron chi connectivity index (χ0n) is 17.5. The van der Waals surface area contributed by atoms with Gasteiger partial charge in [-0.15, -0.1) is 0 Å². The summed E-state index contributed by atoms with van der Waals surface area (Å²) in [6, 6.07) is 0.721. The Kier molecular flexibility index (Phi) is 21.0. The van der Waals surface area contributed by atoms with E-state index in [1.807, 2.05) is 0 Å². The zero-order chi connectivity index (χ0) is 17.7. The molecule has 24 heavy (non-hydrogen) atoms. The Morgan fingerprint density at radius 1 is 0.500 bits per heavy atom. The summed E-state index contributed by atoms with van der Waals surface area (Å²) in [5.41, 5.74) is 0. The fourth-order valence-corrected chi connectivity index (χ4v) is 3.45. The van der Waals surface area contributed by atoms with Crippen LogP contribution in [0.3, 0.4) is 0 Å². The molecule has 0 rings (SSSR count). The summed E-state index contributed by atoms with van der Waals surface area (Å²) >= 11 is 0. The molecule has 0 fully saturated rings. The van der Waals surface area contributed by atoms with Crippen molar-refractivity contribution in [2.24, 2.45) is 0 Å². The molecule has 0 aliphatic rings. The van der Waals surface area contributed by atoms with Crippen LogP contribution in [0.5, 0.6) is 0 Å². The van der Waals surface area contributed by atoms with Crippen LogP contribution in [0.15, 0.2) is 0 Å². The van der Waals surface area contributed by atoms with Crippen LogP contribution in [0.1, 0.15) is 136 Å². The summed E-state index contributed by atoms with van der Waals surface area (Å²) in [5.74, 6) is 0. The number of rotatable bonds is 20. The normalized spacial score (nSPS) is 12.6. The van der Waals surface area contributed by atoms with Gasteiger partial charge in [0.1, 0.15) is 0 Å². The van der Waals surface area contributed by atoms with Crippen molar-refractivity contribution >= 4 is 0 Å². The Labute approximate surface area is 154 Å². The van der Waals surface area contributed by atoms with E-state index in [4.69, 9.17) is 0 Å². The molecular weight excluding hydrogens is 290 g/mol. The third kappa shape index (κ3) is 20.0. The Bertz CT molecular complexity index is 214. The first-order valence-electron chi connectivity index (χ1n) is 11.5. The molecule has 1 N–H and O–H groups in total. The van der Waals surface area contributed by atoms with Gasteiger partial charge in [-0.25, -0.2) is 0 Å². The molecule has 1 atom stereocenters. The molecule has 146 valence electrons. The summed E-state index contributed by atoms with van der Waals surface area (Å²) in [7, 11) is 0. The van der Waals surface area contributed by atoms with Crippen molar-refractivity contribution in [3.8, 4) is 0 Å². The van der Waals surface area contributed by atoms with Crippen LogP contribution in [-0.4, -0.2) is 12.6 Å².